The highest BCUT2D eigenvalue weighted by Crippen LogP contribution is 2.22. The predicted octanol–water partition coefficient (Wildman–Crippen LogP) is 3.41. The summed E-state index contributed by atoms with van der Waals surface area (Å²) in [6.07, 6.45) is 1.93. The van der Waals surface area contributed by atoms with E-state index in [4.69, 9.17) is 27.9 Å². The lowest BCUT2D eigenvalue weighted by Crippen LogP contribution is -2.36. The van der Waals surface area contributed by atoms with Crippen molar-refractivity contribution in [2.45, 2.75) is 6.42 Å². The molecule has 1 fully saturated rings. The van der Waals surface area contributed by atoms with Crippen LogP contribution in [-0.4, -0.2) is 37.2 Å². The molecule has 2 aromatic rings. The summed E-state index contributed by atoms with van der Waals surface area (Å²) in [5, 5.41) is 3.80. The largest absolute Gasteiger partial charge is 0.378 e. The smallest absolute Gasteiger partial charge is 0.230 e. The van der Waals surface area contributed by atoms with Gasteiger partial charge in [-0.05, 0) is 29.8 Å². The van der Waals surface area contributed by atoms with Crippen molar-refractivity contribution in [2.75, 3.05) is 36.5 Å². The maximum Gasteiger partial charge on any atom is 0.230 e. The summed E-state index contributed by atoms with van der Waals surface area (Å²) in [4.78, 5) is 18.6. The highest BCUT2D eigenvalue weighted by Gasteiger charge is 2.12. The molecule has 5 nitrogen and oxygen atoms in total. The van der Waals surface area contributed by atoms with Crippen LogP contribution in [0.15, 0.2) is 36.5 Å². The lowest BCUT2D eigenvalue weighted by molar-refractivity contribution is -0.115. The zero-order valence-electron chi connectivity index (χ0n) is 13.0. The second-order valence-electron chi connectivity index (χ2n) is 5.46. The number of nitrogens with one attached hydrogen (secondary N) is 1. The minimum Gasteiger partial charge on any atom is -0.378 e. The Labute approximate surface area is 150 Å². The first-order valence-corrected chi connectivity index (χ1v) is 8.40. The van der Waals surface area contributed by atoms with E-state index in [-0.39, 0.29) is 12.3 Å². The highest BCUT2D eigenvalue weighted by molar-refractivity contribution is 6.35. The molecule has 0 bridgehead atoms. The molecule has 1 N–H and O–H groups in total. The maximum atomic E-state index is 12.1. The van der Waals surface area contributed by atoms with Crippen molar-refractivity contribution < 1.29 is 9.53 Å². The minimum atomic E-state index is -0.175. The van der Waals surface area contributed by atoms with Gasteiger partial charge in [0.1, 0.15) is 5.82 Å². The predicted molar refractivity (Wildman–Crippen MR) is 96.1 cm³/mol. The average Bonchev–Trinajstić information content (AvgIpc) is 2.59. The molecule has 1 aliphatic rings. The van der Waals surface area contributed by atoms with Gasteiger partial charge in [-0.15, -0.1) is 0 Å². The molecule has 7 heteroatoms. The number of ether oxygens (including phenoxy) is 1. The van der Waals surface area contributed by atoms with Crippen LogP contribution in [0.2, 0.25) is 10.0 Å². The highest BCUT2D eigenvalue weighted by atomic mass is 35.5. The third kappa shape index (κ3) is 4.38. The van der Waals surface area contributed by atoms with E-state index in [2.05, 4.69) is 15.2 Å². The molecule has 0 unspecified atom stereocenters. The molecule has 1 aromatic carbocycles. The van der Waals surface area contributed by atoms with E-state index in [1.165, 1.54) is 0 Å². The van der Waals surface area contributed by atoms with Crippen LogP contribution in [0.5, 0.6) is 0 Å². The Bertz CT molecular complexity index is 716. The molecule has 0 saturated carbocycles. The number of pyridine rings is 1. The molecule has 0 radical (unpaired) electrons. The quantitative estimate of drug-likeness (QED) is 0.901. The van der Waals surface area contributed by atoms with Gasteiger partial charge in [-0.25, -0.2) is 4.98 Å². The Hall–Kier alpha value is -1.82. The van der Waals surface area contributed by atoms with E-state index in [0.29, 0.717) is 15.9 Å². The molecule has 1 amide bonds. The van der Waals surface area contributed by atoms with Crippen molar-refractivity contribution in [2.24, 2.45) is 0 Å². The second-order valence-corrected chi connectivity index (χ2v) is 6.31. The number of morpholine rings is 1. The number of rotatable bonds is 4. The van der Waals surface area contributed by atoms with Crippen molar-refractivity contribution in [3.8, 4) is 0 Å². The maximum absolute atomic E-state index is 12.1. The van der Waals surface area contributed by atoms with Gasteiger partial charge in [0.05, 0.1) is 31.5 Å². The number of hydrogen-bond donors (Lipinski definition) is 1. The van der Waals surface area contributed by atoms with Gasteiger partial charge in [0.15, 0.2) is 0 Å². The molecule has 1 aromatic heterocycles. The summed E-state index contributed by atoms with van der Waals surface area (Å²) in [5.74, 6) is 0.341. The SMILES string of the molecule is O=C(Cc1ccc(Cl)cc1Cl)Nc1ccc(N2CCOCC2)cn1. The van der Waals surface area contributed by atoms with E-state index < -0.39 is 0 Å². The molecule has 24 heavy (non-hydrogen) atoms. The Morgan fingerprint density at radius 1 is 1.21 bits per heavy atom. The molecule has 0 aliphatic carbocycles. The number of anilines is 2. The summed E-state index contributed by atoms with van der Waals surface area (Å²) in [7, 11) is 0. The molecule has 1 saturated heterocycles. The fourth-order valence-electron chi connectivity index (χ4n) is 2.49. The summed E-state index contributed by atoms with van der Waals surface area (Å²) in [5.41, 5.74) is 1.75. The number of aromatic nitrogens is 1. The molecule has 3 rings (SSSR count). The van der Waals surface area contributed by atoms with E-state index in [1.807, 2.05) is 6.07 Å². The Morgan fingerprint density at radius 3 is 2.67 bits per heavy atom. The van der Waals surface area contributed by atoms with Crippen LogP contribution in [-0.2, 0) is 16.0 Å². The first-order chi connectivity index (χ1) is 11.6. The Morgan fingerprint density at radius 2 is 2.00 bits per heavy atom. The third-order valence-corrected chi connectivity index (χ3v) is 4.34. The van der Waals surface area contributed by atoms with Crippen LogP contribution in [0.25, 0.3) is 0 Å². The molecular formula is C17H17Cl2N3O2. The Balaban J connectivity index is 1.59. The molecule has 0 spiro atoms. The van der Waals surface area contributed by atoms with Crippen LogP contribution >= 0.6 is 23.2 Å². The number of hydrogen-bond acceptors (Lipinski definition) is 4. The van der Waals surface area contributed by atoms with Gasteiger partial charge in [0.25, 0.3) is 0 Å². The third-order valence-electron chi connectivity index (χ3n) is 3.76. The number of nitrogens with zero attached hydrogens (tertiary/aromatic N) is 2. The van der Waals surface area contributed by atoms with Gasteiger partial charge >= 0.3 is 0 Å². The topological polar surface area (TPSA) is 54.5 Å². The van der Waals surface area contributed by atoms with E-state index in [0.717, 1.165) is 37.6 Å². The number of amides is 1. The van der Waals surface area contributed by atoms with Crippen molar-refractivity contribution in [1.82, 2.24) is 4.98 Å². The monoisotopic (exact) mass is 365 g/mol. The van der Waals surface area contributed by atoms with Crippen LogP contribution in [0.4, 0.5) is 11.5 Å². The van der Waals surface area contributed by atoms with Crippen LogP contribution in [0.3, 0.4) is 0 Å². The van der Waals surface area contributed by atoms with Crippen LogP contribution in [0, 0.1) is 0 Å². The summed E-state index contributed by atoms with van der Waals surface area (Å²) in [6, 6.07) is 8.83. The fourth-order valence-corrected chi connectivity index (χ4v) is 2.97. The van der Waals surface area contributed by atoms with Crippen molar-refractivity contribution >= 4 is 40.6 Å². The first-order valence-electron chi connectivity index (χ1n) is 7.64. The van der Waals surface area contributed by atoms with E-state index in [9.17, 15) is 4.79 Å². The van der Waals surface area contributed by atoms with Gasteiger partial charge in [0.2, 0.25) is 5.91 Å². The summed E-state index contributed by atoms with van der Waals surface area (Å²) < 4.78 is 5.33. The van der Waals surface area contributed by atoms with Crippen molar-refractivity contribution in [3.63, 3.8) is 0 Å². The second kappa shape index (κ2) is 7.83. The van der Waals surface area contributed by atoms with Crippen molar-refractivity contribution in [1.29, 1.82) is 0 Å². The van der Waals surface area contributed by atoms with Gasteiger partial charge in [-0.3, -0.25) is 4.79 Å². The lowest BCUT2D eigenvalue weighted by atomic mass is 10.1. The van der Waals surface area contributed by atoms with Gasteiger partial charge in [-0.1, -0.05) is 29.3 Å². The molecule has 0 atom stereocenters. The van der Waals surface area contributed by atoms with Gasteiger partial charge < -0.3 is 15.0 Å². The Kier molecular flexibility index (Phi) is 5.56. The fraction of sp³-hybridized carbons (Fsp3) is 0.294. The zero-order chi connectivity index (χ0) is 16.9. The van der Waals surface area contributed by atoms with Crippen molar-refractivity contribution in [3.05, 3.63) is 52.1 Å². The van der Waals surface area contributed by atoms with Gasteiger partial charge in [0, 0.05) is 23.1 Å². The lowest BCUT2D eigenvalue weighted by Gasteiger charge is -2.28. The molecule has 2 heterocycles. The number of carbonyl (C=O) groups excluding carboxylic acids is 1. The van der Waals surface area contributed by atoms with E-state index in [1.54, 1.807) is 30.5 Å². The summed E-state index contributed by atoms with van der Waals surface area (Å²) >= 11 is 11.9. The molecule has 1 aliphatic heterocycles. The van der Waals surface area contributed by atoms with E-state index >= 15 is 0 Å². The number of halogens is 2. The van der Waals surface area contributed by atoms with Crippen LogP contribution in [0.1, 0.15) is 5.56 Å². The molecule has 126 valence electrons. The zero-order valence-corrected chi connectivity index (χ0v) is 14.5. The van der Waals surface area contributed by atoms with Gasteiger partial charge in [-0.2, -0.15) is 0 Å². The summed E-state index contributed by atoms with van der Waals surface area (Å²) in [6.45, 7) is 3.14. The number of carbonyl (C=O) groups is 1. The average molecular weight is 366 g/mol. The van der Waals surface area contributed by atoms with Crippen LogP contribution < -0.4 is 10.2 Å². The first kappa shape index (κ1) is 17.0. The molecular weight excluding hydrogens is 349 g/mol. The minimum absolute atomic E-state index is 0.170. The normalized spacial score (nSPS) is 14.5. The number of benzene rings is 1. The standard InChI is InChI=1S/C17H17Cl2N3O2/c18-13-2-1-12(15(19)10-13)9-17(23)21-16-4-3-14(11-20-16)22-5-7-24-8-6-22/h1-4,10-11H,5-9H2,(H,20,21,23).